The molecule has 3 aromatic heterocycles. The molecule has 0 unspecified atom stereocenters. The van der Waals surface area contributed by atoms with Crippen LogP contribution in [0.4, 0.5) is 5.95 Å². The smallest absolute Gasteiger partial charge is 0.332 e. The highest BCUT2D eigenvalue weighted by Crippen LogP contribution is 2.25. The largest absolute Gasteiger partial charge is 0.467 e. The van der Waals surface area contributed by atoms with E-state index in [0.717, 1.165) is 24.3 Å². The number of furan rings is 1. The predicted molar refractivity (Wildman–Crippen MR) is 114 cm³/mol. The van der Waals surface area contributed by atoms with Crippen molar-refractivity contribution < 1.29 is 4.42 Å². The van der Waals surface area contributed by atoms with Gasteiger partial charge in [-0.1, -0.05) is 30.3 Å². The van der Waals surface area contributed by atoms with Crippen molar-refractivity contribution in [3.8, 4) is 0 Å². The maximum absolute atomic E-state index is 13.3. The number of imidazole rings is 1. The van der Waals surface area contributed by atoms with E-state index < -0.39 is 0 Å². The minimum Gasteiger partial charge on any atom is -0.467 e. The molecule has 30 heavy (non-hydrogen) atoms. The second-order valence-electron chi connectivity index (χ2n) is 7.62. The highest BCUT2D eigenvalue weighted by atomic mass is 16.3. The van der Waals surface area contributed by atoms with Gasteiger partial charge in [-0.15, -0.1) is 0 Å². The summed E-state index contributed by atoms with van der Waals surface area (Å²) >= 11 is 0. The van der Waals surface area contributed by atoms with Crippen molar-refractivity contribution in [1.29, 1.82) is 0 Å². The summed E-state index contributed by atoms with van der Waals surface area (Å²) in [7, 11) is 1.68. The van der Waals surface area contributed by atoms with Crippen molar-refractivity contribution in [2.24, 2.45) is 7.05 Å². The van der Waals surface area contributed by atoms with Crippen molar-refractivity contribution in [3.05, 3.63) is 80.9 Å². The van der Waals surface area contributed by atoms with E-state index in [1.807, 2.05) is 47.0 Å². The van der Waals surface area contributed by atoms with E-state index in [-0.39, 0.29) is 11.2 Å². The molecule has 0 N–H and O–H groups in total. The molecule has 0 fully saturated rings. The fourth-order valence-corrected chi connectivity index (χ4v) is 4.16. The van der Waals surface area contributed by atoms with Crippen molar-refractivity contribution in [2.75, 3.05) is 11.4 Å². The number of aromatic nitrogens is 4. The zero-order valence-corrected chi connectivity index (χ0v) is 16.8. The number of hydrogen-bond donors (Lipinski definition) is 0. The van der Waals surface area contributed by atoms with Gasteiger partial charge in [0.05, 0.1) is 12.8 Å². The highest BCUT2D eigenvalue weighted by Gasteiger charge is 2.26. The topological polar surface area (TPSA) is 78.2 Å². The number of nitrogens with zero attached hydrogens (tertiary/aromatic N) is 5. The van der Waals surface area contributed by atoms with E-state index >= 15 is 0 Å². The van der Waals surface area contributed by atoms with Crippen LogP contribution in [0.5, 0.6) is 0 Å². The van der Waals surface area contributed by atoms with Crippen LogP contribution in [0.25, 0.3) is 11.2 Å². The first-order valence-corrected chi connectivity index (χ1v) is 10.1. The summed E-state index contributed by atoms with van der Waals surface area (Å²) < 4.78 is 10.2. The molecule has 0 saturated carbocycles. The molecule has 1 aliphatic heterocycles. The van der Waals surface area contributed by atoms with Crippen LogP contribution < -0.4 is 16.1 Å². The van der Waals surface area contributed by atoms with Gasteiger partial charge in [-0.05, 0) is 30.5 Å². The third-order valence-electron chi connectivity index (χ3n) is 5.70. The first-order chi connectivity index (χ1) is 14.6. The van der Waals surface area contributed by atoms with E-state index in [4.69, 9.17) is 9.40 Å². The maximum Gasteiger partial charge on any atom is 0.332 e. The van der Waals surface area contributed by atoms with Crippen LogP contribution in [0.15, 0.2) is 62.7 Å². The molecular formula is C22H23N5O3. The van der Waals surface area contributed by atoms with Gasteiger partial charge < -0.3 is 13.9 Å². The predicted octanol–water partition coefficient (Wildman–Crippen LogP) is 2.14. The number of hydrogen-bond acceptors (Lipinski definition) is 5. The lowest BCUT2D eigenvalue weighted by Crippen LogP contribution is -2.40. The first-order valence-electron chi connectivity index (χ1n) is 10.1. The van der Waals surface area contributed by atoms with E-state index in [1.54, 1.807) is 13.3 Å². The molecule has 8 nitrogen and oxygen atoms in total. The van der Waals surface area contributed by atoms with Gasteiger partial charge in [0.1, 0.15) is 5.76 Å². The second-order valence-corrected chi connectivity index (χ2v) is 7.62. The third-order valence-corrected chi connectivity index (χ3v) is 5.70. The molecule has 154 valence electrons. The molecule has 8 heteroatoms. The van der Waals surface area contributed by atoms with E-state index in [2.05, 4.69) is 4.90 Å². The lowest BCUT2D eigenvalue weighted by molar-refractivity contribution is 0.481. The van der Waals surface area contributed by atoms with E-state index in [0.29, 0.717) is 43.2 Å². The maximum atomic E-state index is 13.3. The Morgan fingerprint density at radius 2 is 1.90 bits per heavy atom. The second kappa shape index (κ2) is 7.37. The van der Waals surface area contributed by atoms with Gasteiger partial charge >= 0.3 is 5.69 Å². The van der Waals surface area contributed by atoms with Crippen LogP contribution in [-0.4, -0.2) is 25.2 Å². The molecule has 5 rings (SSSR count). The summed E-state index contributed by atoms with van der Waals surface area (Å²) in [5.74, 6) is 1.55. The Labute approximate surface area is 172 Å². The SMILES string of the molecule is Cn1c(=O)n(CCc2ccccc2)c(=O)c2c1nc1n2CCCN1Cc1ccco1. The Balaban J connectivity index is 1.58. The molecule has 0 saturated heterocycles. The molecule has 1 aromatic carbocycles. The quantitative estimate of drug-likeness (QED) is 0.508. The number of anilines is 1. The van der Waals surface area contributed by atoms with Gasteiger partial charge in [-0.3, -0.25) is 13.9 Å². The van der Waals surface area contributed by atoms with Crippen molar-refractivity contribution in [2.45, 2.75) is 32.5 Å². The van der Waals surface area contributed by atoms with Crippen molar-refractivity contribution >= 4 is 17.1 Å². The zero-order chi connectivity index (χ0) is 20.7. The van der Waals surface area contributed by atoms with E-state index in [1.165, 1.54) is 9.13 Å². The molecule has 1 aliphatic rings. The van der Waals surface area contributed by atoms with Gasteiger partial charge in [-0.25, -0.2) is 4.79 Å². The summed E-state index contributed by atoms with van der Waals surface area (Å²) in [5.41, 5.74) is 1.40. The molecule has 0 spiro atoms. The van der Waals surface area contributed by atoms with Crippen molar-refractivity contribution in [3.63, 3.8) is 0 Å². The molecule has 0 atom stereocenters. The average Bonchev–Trinajstić information content (AvgIpc) is 3.41. The lowest BCUT2D eigenvalue weighted by Gasteiger charge is -2.28. The fraction of sp³-hybridized carbons (Fsp3) is 0.318. The molecule has 0 amide bonds. The normalized spacial score (nSPS) is 13.7. The summed E-state index contributed by atoms with van der Waals surface area (Å²) in [6.45, 7) is 2.43. The molecule has 0 bridgehead atoms. The molecule has 0 radical (unpaired) electrons. The van der Waals surface area contributed by atoms with E-state index in [9.17, 15) is 9.59 Å². The third kappa shape index (κ3) is 3.04. The number of rotatable bonds is 5. The lowest BCUT2D eigenvalue weighted by atomic mass is 10.1. The van der Waals surface area contributed by atoms with Crippen LogP contribution in [0, 0.1) is 0 Å². The summed E-state index contributed by atoms with van der Waals surface area (Å²) in [5, 5.41) is 0. The molecular weight excluding hydrogens is 382 g/mol. The van der Waals surface area contributed by atoms with Gasteiger partial charge in [-0.2, -0.15) is 4.98 Å². The highest BCUT2D eigenvalue weighted by molar-refractivity contribution is 5.74. The summed E-state index contributed by atoms with van der Waals surface area (Å²) in [6, 6.07) is 13.7. The monoisotopic (exact) mass is 405 g/mol. The Hall–Kier alpha value is -3.55. The van der Waals surface area contributed by atoms with Gasteiger partial charge in [0, 0.05) is 26.7 Å². The molecule has 0 aliphatic carbocycles. The van der Waals surface area contributed by atoms with Crippen LogP contribution in [0.3, 0.4) is 0 Å². The Bertz CT molecular complexity index is 1300. The first kappa shape index (κ1) is 18.5. The van der Waals surface area contributed by atoms with Crippen LogP contribution in [0.1, 0.15) is 17.7 Å². The molecule has 4 heterocycles. The Kier molecular flexibility index (Phi) is 4.54. The van der Waals surface area contributed by atoms with Crippen LogP contribution >= 0.6 is 0 Å². The van der Waals surface area contributed by atoms with Crippen LogP contribution in [0.2, 0.25) is 0 Å². The average molecular weight is 405 g/mol. The minimum absolute atomic E-state index is 0.275. The molecule has 4 aromatic rings. The van der Waals surface area contributed by atoms with Gasteiger partial charge in [0.2, 0.25) is 5.95 Å². The minimum atomic E-state index is -0.337. The number of fused-ring (bicyclic) bond motifs is 3. The van der Waals surface area contributed by atoms with Crippen LogP contribution in [-0.2, 0) is 33.1 Å². The summed E-state index contributed by atoms with van der Waals surface area (Å²) in [6.07, 6.45) is 3.16. The zero-order valence-electron chi connectivity index (χ0n) is 16.8. The van der Waals surface area contributed by atoms with Gasteiger partial charge in [0.15, 0.2) is 11.2 Å². The van der Waals surface area contributed by atoms with Gasteiger partial charge in [0.25, 0.3) is 5.56 Å². The van der Waals surface area contributed by atoms with Crippen molar-refractivity contribution in [1.82, 2.24) is 18.7 Å². The fourth-order valence-electron chi connectivity index (χ4n) is 4.16. The summed E-state index contributed by atoms with van der Waals surface area (Å²) in [4.78, 5) is 33.0. The Morgan fingerprint density at radius 1 is 1.07 bits per heavy atom. The number of aryl methyl sites for hydroxylation is 3. The standard InChI is InChI=1S/C22H23N5O3/c1-24-19-18(20(28)27(22(24)29)13-10-16-7-3-2-4-8-16)26-12-6-11-25(21(26)23-19)15-17-9-5-14-30-17/h2-5,7-9,14H,6,10-13,15H2,1H3. The number of benzene rings is 1. The Morgan fingerprint density at radius 3 is 2.67 bits per heavy atom.